The van der Waals surface area contributed by atoms with Crippen LogP contribution in [0.2, 0.25) is 10.0 Å². The molecule has 0 saturated carbocycles. The van der Waals surface area contributed by atoms with Crippen molar-refractivity contribution in [3.8, 4) is 0 Å². The Morgan fingerprint density at radius 3 is 2.71 bits per heavy atom. The lowest BCUT2D eigenvalue weighted by atomic mass is 10.1. The van der Waals surface area contributed by atoms with Crippen LogP contribution in [0.25, 0.3) is 0 Å². The minimum Gasteiger partial charge on any atom is -0.382 e. The van der Waals surface area contributed by atoms with E-state index in [2.05, 4.69) is 0 Å². The zero-order chi connectivity index (χ0) is 12.7. The molecule has 0 aliphatic heterocycles. The standard InChI is InChI=1S/C12H17Cl2NO2/c1-16-6-7-17-5-4-12(15)10-8-9(13)2-3-11(10)14/h2-3,8,12H,4-7,15H2,1H3. The van der Waals surface area contributed by atoms with Gasteiger partial charge in [-0.05, 0) is 30.2 Å². The zero-order valence-corrected chi connectivity index (χ0v) is 11.3. The van der Waals surface area contributed by atoms with E-state index in [1.165, 1.54) is 0 Å². The average Bonchev–Trinajstić information content (AvgIpc) is 2.32. The maximum absolute atomic E-state index is 6.05. The molecule has 0 radical (unpaired) electrons. The molecular formula is C12H17Cl2NO2. The summed E-state index contributed by atoms with van der Waals surface area (Å²) in [4.78, 5) is 0. The third-order valence-electron chi connectivity index (χ3n) is 2.36. The lowest BCUT2D eigenvalue weighted by Gasteiger charge is -2.14. The quantitative estimate of drug-likeness (QED) is 0.780. The third-order valence-corrected chi connectivity index (χ3v) is 2.94. The molecule has 0 heterocycles. The molecule has 1 unspecified atom stereocenters. The summed E-state index contributed by atoms with van der Waals surface area (Å²) in [6.07, 6.45) is 0.698. The van der Waals surface area contributed by atoms with Crippen molar-refractivity contribution in [2.75, 3.05) is 26.9 Å². The summed E-state index contributed by atoms with van der Waals surface area (Å²) >= 11 is 12.0. The van der Waals surface area contributed by atoms with E-state index in [1.807, 2.05) is 0 Å². The summed E-state index contributed by atoms with van der Waals surface area (Å²) in [5.74, 6) is 0. The first-order valence-electron chi connectivity index (χ1n) is 5.42. The van der Waals surface area contributed by atoms with E-state index in [4.69, 9.17) is 38.4 Å². The Kier molecular flexibility index (Phi) is 6.85. The Labute approximate surface area is 112 Å². The van der Waals surface area contributed by atoms with Gasteiger partial charge in [0, 0.05) is 29.8 Å². The topological polar surface area (TPSA) is 44.5 Å². The van der Waals surface area contributed by atoms with E-state index in [-0.39, 0.29) is 6.04 Å². The number of hydrogen-bond donors (Lipinski definition) is 1. The van der Waals surface area contributed by atoms with Crippen LogP contribution >= 0.6 is 23.2 Å². The number of ether oxygens (including phenoxy) is 2. The van der Waals surface area contributed by atoms with Gasteiger partial charge in [0.15, 0.2) is 0 Å². The minimum atomic E-state index is -0.163. The van der Waals surface area contributed by atoms with E-state index in [0.29, 0.717) is 36.3 Å². The van der Waals surface area contributed by atoms with Crippen molar-refractivity contribution in [1.29, 1.82) is 0 Å². The summed E-state index contributed by atoms with van der Waals surface area (Å²) in [6, 6.07) is 5.13. The van der Waals surface area contributed by atoms with Crippen LogP contribution in [0.1, 0.15) is 18.0 Å². The van der Waals surface area contributed by atoms with Gasteiger partial charge in [0.1, 0.15) is 0 Å². The second-order valence-electron chi connectivity index (χ2n) is 3.67. The van der Waals surface area contributed by atoms with Gasteiger partial charge in [-0.2, -0.15) is 0 Å². The summed E-state index contributed by atoms with van der Waals surface area (Å²) < 4.78 is 10.2. The highest BCUT2D eigenvalue weighted by Crippen LogP contribution is 2.26. The minimum absolute atomic E-state index is 0.163. The molecular weight excluding hydrogens is 261 g/mol. The largest absolute Gasteiger partial charge is 0.382 e. The molecule has 5 heteroatoms. The van der Waals surface area contributed by atoms with Gasteiger partial charge < -0.3 is 15.2 Å². The van der Waals surface area contributed by atoms with Gasteiger partial charge in [-0.1, -0.05) is 23.2 Å². The third kappa shape index (κ3) is 5.23. The molecule has 1 atom stereocenters. The van der Waals surface area contributed by atoms with E-state index in [0.717, 1.165) is 5.56 Å². The first-order valence-corrected chi connectivity index (χ1v) is 6.18. The number of hydrogen-bond acceptors (Lipinski definition) is 3. The number of nitrogens with two attached hydrogens (primary N) is 1. The predicted octanol–water partition coefficient (Wildman–Crippen LogP) is 3.05. The molecule has 0 saturated heterocycles. The molecule has 0 aliphatic carbocycles. The van der Waals surface area contributed by atoms with Crippen molar-refractivity contribution >= 4 is 23.2 Å². The summed E-state index contributed by atoms with van der Waals surface area (Å²) in [5, 5.41) is 1.28. The lowest BCUT2D eigenvalue weighted by Crippen LogP contribution is -2.14. The number of benzene rings is 1. The summed E-state index contributed by atoms with van der Waals surface area (Å²) in [5.41, 5.74) is 6.88. The van der Waals surface area contributed by atoms with Crippen LogP contribution in [0.3, 0.4) is 0 Å². The molecule has 17 heavy (non-hydrogen) atoms. The van der Waals surface area contributed by atoms with E-state index in [9.17, 15) is 0 Å². The van der Waals surface area contributed by atoms with Gasteiger partial charge >= 0.3 is 0 Å². The van der Waals surface area contributed by atoms with Crippen molar-refractivity contribution in [3.63, 3.8) is 0 Å². The molecule has 0 aromatic heterocycles. The van der Waals surface area contributed by atoms with Gasteiger partial charge in [0.25, 0.3) is 0 Å². The van der Waals surface area contributed by atoms with Crippen LogP contribution in [-0.4, -0.2) is 26.9 Å². The molecule has 1 aromatic rings. The van der Waals surface area contributed by atoms with Crippen LogP contribution in [0.15, 0.2) is 18.2 Å². The Balaban J connectivity index is 2.41. The van der Waals surface area contributed by atoms with Crippen LogP contribution < -0.4 is 5.73 Å². The van der Waals surface area contributed by atoms with Crippen molar-refractivity contribution in [2.45, 2.75) is 12.5 Å². The van der Waals surface area contributed by atoms with Gasteiger partial charge in [0.2, 0.25) is 0 Å². The summed E-state index contributed by atoms with van der Waals surface area (Å²) in [7, 11) is 1.64. The molecule has 3 nitrogen and oxygen atoms in total. The Bertz CT molecular complexity index is 347. The van der Waals surface area contributed by atoms with Crippen LogP contribution in [0.5, 0.6) is 0 Å². The van der Waals surface area contributed by atoms with Crippen LogP contribution in [0.4, 0.5) is 0 Å². The van der Waals surface area contributed by atoms with Crippen molar-refractivity contribution in [2.24, 2.45) is 5.73 Å². The van der Waals surface area contributed by atoms with Crippen molar-refractivity contribution < 1.29 is 9.47 Å². The van der Waals surface area contributed by atoms with Gasteiger partial charge in [-0.25, -0.2) is 0 Å². The van der Waals surface area contributed by atoms with Crippen molar-refractivity contribution in [1.82, 2.24) is 0 Å². The molecule has 1 aromatic carbocycles. The molecule has 96 valence electrons. The Morgan fingerprint density at radius 1 is 1.24 bits per heavy atom. The Morgan fingerprint density at radius 2 is 2.00 bits per heavy atom. The van der Waals surface area contributed by atoms with Crippen LogP contribution in [0, 0.1) is 0 Å². The highest BCUT2D eigenvalue weighted by atomic mass is 35.5. The first-order chi connectivity index (χ1) is 8.15. The maximum Gasteiger partial charge on any atom is 0.0700 e. The second kappa shape index (κ2) is 7.90. The number of halogens is 2. The fraction of sp³-hybridized carbons (Fsp3) is 0.500. The fourth-order valence-electron chi connectivity index (χ4n) is 1.41. The lowest BCUT2D eigenvalue weighted by molar-refractivity contribution is 0.0672. The van der Waals surface area contributed by atoms with Crippen LogP contribution in [-0.2, 0) is 9.47 Å². The number of methoxy groups -OCH3 is 1. The monoisotopic (exact) mass is 277 g/mol. The first kappa shape index (κ1) is 14.7. The fourth-order valence-corrected chi connectivity index (χ4v) is 1.85. The predicted molar refractivity (Wildman–Crippen MR) is 70.7 cm³/mol. The Hall–Kier alpha value is -0.320. The van der Waals surface area contributed by atoms with E-state index >= 15 is 0 Å². The van der Waals surface area contributed by atoms with E-state index < -0.39 is 0 Å². The molecule has 0 spiro atoms. The van der Waals surface area contributed by atoms with E-state index in [1.54, 1.807) is 25.3 Å². The molecule has 0 fully saturated rings. The van der Waals surface area contributed by atoms with Gasteiger partial charge in [-0.15, -0.1) is 0 Å². The maximum atomic E-state index is 6.05. The normalized spacial score (nSPS) is 12.7. The molecule has 1 rings (SSSR count). The number of rotatable bonds is 7. The smallest absolute Gasteiger partial charge is 0.0700 e. The highest BCUT2D eigenvalue weighted by Gasteiger charge is 2.10. The highest BCUT2D eigenvalue weighted by molar-refractivity contribution is 6.33. The SMILES string of the molecule is COCCOCCC(N)c1cc(Cl)ccc1Cl. The van der Waals surface area contributed by atoms with Crippen molar-refractivity contribution in [3.05, 3.63) is 33.8 Å². The molecule has 0 bridgehead atoms. The molecule has 0 aliphatic rings. The second-order valence-corrected chi connectivity index (χ2v) is 4.51. The average molecular weight is 278 g/mol. The summed E-state index contributed by atoms with van der Waals surface area (Å²) in [6.45, 7) is 1.74. The van der Waals surface area contributed by atoms with Gasteiger partial charge in [-0.3, -0.25) is 0 Å². The molecule has 2 N–H and O–H groups in total. The molecule has 0 amide bonds. The van der Waals surface area contributed by atoms with Gasteiger partial charge in [0.05, 0.1) is 13.2 Å². The zero-order valence-electron chi connectivity index (χ0n) is 9.79.